The zero-order valence-electron chi connectivity index (χ0n) is 36.2. The van der Waals surface area contributed by atoms with Crippen molar-refractivity contribution in [2.75, 3.05) is 0 Å². The van der Waals surface area contributed by atoms with Crippen LogP contribution in [0.4, 0.5) is 0 Å². The van der Waals surface area contributed by atoms with Crippen LogP contribution in [-0.2, 0) is 5.41 Å². The molecule has 1 aromatic heterocycles. The SMILES string of the molecule is [2H]c1c([2H])c([2H])c2c(c1[2H])-c1c([2H])c([2H])c(-c3c4c([2H])c([2H])c([2H])c([2H])c4c(-n4c(C)nc5ccccc54)c4c([2H])c([2H])c([2H])c([2H])c34)c([2H])c1C2(C)C. The Morgan fingerprint density at radius 2 is 1.31 bits per heavy atom. The summed E-state index contributed by atoms with van der Waals surface area (Å²) in [6, 6.07) is -1.40. The molecule has 0 fully saturated rings. The van der Waals surface area contributed by atoms with Gasteiger partial charge in [-0.15, -0.1) is 0 Å². The van der Waals surface area contributed by atoms with Crippen LogP contribution in [0.2, 0.25) is 0 Å². The summed E-state index contributed by atoms with van der Waals surface area (Å²) >= 11 is 0. The van der Waals surface area contributed by atoms with Crippen molar-refractivity contribution in [3.63, 3.8) is 0 Å². The van der Waals surface area contributed by atoms with E-state index >= 15 is 0 Å². The van der Waals surface area contributed by atoms with Gasteiger partial charge in [0.05, 0.1) is 37.3 Å². The molecule has 1 heterocycles. The van der Waals surface area contributed by atoms with E-state index in [9.17, 15) is 9.60 Å². The Morgan fingerprint density at radius 3 is 2.05 bits per heavy atom. The lowest BCUT2D eigenvalue weighted by Crippen LogP contribution is -2.14. The summed E-state index contributed by atoms with van der Waals surface area (Å²) in [5, 5.41) is -0.810. The third-order valence-corrected chi connectivity index (χ3v) is 7.55. The minimum absolute atomic E-state index is 0.00403. The van der Waals surface area contributed by atoms with E-state index in [2.05, 4.69) is 4.98 Å². The molecule has 8 rings (SSSR count). The first-order valence-electron chi connectivity index (χ1n) is 19.9. The number of rotatable bonds is 2. The highest BCUT2D eigenvalue weighted by Crippen LogP contribution is 2.51. The molecule has 0 radical (unpaired) electrons. The standard InChI is InChI=1S/C37H28N2/c1-23-38-33-18-10-11-19-34(33)39(23)36-29-15-6-4-13-27(29)35(28-14-5-7-16-30(28)36)24-20-21-26-25-12-8-9-17-31(25)37(2,3)32(26)22-24/h4-22H,1-3H3/i4D,5D,6D,7D,8D,9D,12D,13D,14D,15D,16D,17D,20D,21D,22D. The predicted octanol–water partition coefficient (Wildman–Crippen LogP) is 9.61. The first kappa shape index (κ1) is 12.0. The molecule has 0 bridgehead atoms. The van der Waals surface area contributed by atoms with Crippen LogP contribution in [0, 0.1) is 6.92 Å². The molecular weight excluding hydrogens is 472 g/mol. The maximum atomic E-state index is 9.79. The fourth-order valence-electron chi connectivity index (χ4n) is 5.79. The molecule has 0 amide bonds. The second-order valence-electron chi connectivity index (χ2n) is 10.1. The van der Waals surface area contributed by atoms with E-state index in [0.29, 0.717) is 16.9 Å². The predicted molar refractivity (Wildman–Crippen MR) is 164 cm³/mol. The number of aromatic nitrogens is 2. The van der Waals surface area contributed by atoms with Crippen molar-refractivity contribution in [3.05, 3.63) is 132 Å². The van der Waals surface area contributed by atoms with Gasteiger partial charge in [-0.2, -0.15) is 0 Å². The van der Waals surface area contributed by atoms with E-state index in [1.807, 2.05) is 0 Å². The molecule has 39 heavy (non-hydrogen) atoms. The Morgan fingerprint density at radius 1 is 0.692 bits per heavy atom. The van der Waals surface area contributed by atoms with Gasteiger partial charge in [0.1, 0.15) is 5.82 Å². The highest BCUT2D eigenvalue weighted by Gasteiger charge is 2.35. The normalized spacial score (nSPS) is 19.1. The maximum Gasteiger partial charge on any atom is 0.111 e. The van der Waals surface area contributed by atoms with Gasteiger partial charge in [0.15, 0.2) is 0 Å². The van der Waals surface area contributed by atoms with Crippen LogP contribution in [0.5, 0.6) is 0 Å². The van der Waals surface area contributed by atoms with Gasteiger partial charge in [-0.25, -0.2) is 4.98 Å². The Labute approximate surface area is 249 Å². The second-order valence-corrected chi connectivity index (χ2v) is 10.1. The fraction of sp³-hybridized carbons (Fsp3) is 0.108. The van der Waals surface area contributed by atoms with Crippen LogP contribution >= 0.6 is 0 Å². The smallest absolute Gasteiger partial charge is 0.111 e. The van der Waals surface area contributed by atoms with Crippen molar-refractivity contribution in [2.45, 2.75) is 26.2 Å². The molecule has 1 aliphatic carbocycles. The largest absolute Gasteiger partial charge is 0.295 e. The van der Waals surface area contributed by atoms with Gasteiger partial charge in [-0.3, -0.25) is 4.57 Å². The molecule has 0 unspecified atom stereocenters. The molecule has 7 aromatic rings. The third kappa shape index (κ3) is 3.00. The Balaban J connectivity index is 1.70. The molecule has 0 saturated heterocycles. The molecule has 0 atom stereocenters. The molecule has 0 N–H and O–H groups in total. The first-order valence-corrected chi connectivity index (χ1v) is 12.4. The second kappa shape index (κ2) is 7.91. The minimum Gasteiger partial charge on any atom is -0.295 e. The molecule has 2 nitrogen and oxygen atoms in total. The summed E-state index contributed by atoms with van der Waals surface area (Å²) in [5.74, 6) is 0.346. The average molecular weight is 516 g/mol. The van der Waals surface area contributed by atoms with Gasteiger partial charge < -0.3 is 0 Å². The topological polar surface area (TPSA) is 17.8 Å². The lowest BCUT2D eigenvalue weighted by Gasteiger charge is -2.23. The van der Waals surface area contributed by atoms with Gasteiger partial charge >= 0.3 is 0 Å². The summed E-state index contributed by atoms with van der Waals surface area (Å²) in [6.07, 6.45) is 0. The van der Waals surface area contributed by atoms with Crippen LogP contribution in [0.3, 0.4) is 0 Å². The lowest BCUT2D eigenvalue weighted by atomic mass is 9.81. The Bertz CT molecular complexity index is 2850. The van der Waals surface area contributed by atoms with E-state index in [-0.39, 0.29) is 66.7 Å². The number of fused-ring (bicyclic) bond motifs is 6. The van der Waals surface area contributed by atoms with Crippen LogP contribution in [0.1, 0.15) is 51.4 Å². The quantitative estimate of drug-likeness (QED) is 0.210. The summed E-state index contributed by atoms with van der Waals surface area (Å²) in [4.78, 5) is 4.65. The highest BCUT2D eigenvalue weighted by atomic mass is 15.1. The molecule has 2 heteroatoms. The van der Waals surface area contributed by atoms with E-state index in [4.69, 9.17) is 11.0 Å². The van der Waals surface area contributed by atoms with Gasteiger partial charge in [-0.1, -0.05) is 111 Å². The number of aryl methyl sites for hydroxylation is 1. The summed E-state index contributed by atoms with van der Waals surface area (Å²) in [5.41, 5.74) is -0.839. The zero-order valence-corrected chi connectivity index (χ0v) is 21.2. The highest BCUT2D eigenvalue weighted by molar-refractivity contribution is 6.18. The number of benzene rings is 6. The molecule has 0 spiro atoms. The molecule has 1 aliphatic rings. The zero-order chi connectivity index (χ0) is 39.4. The molecule has 0 saturated carbocycles. The van der Waals surface area contributed by atoms with Crippen molar-refractivity contribution >= 4 is 32.6 Å². The minimum atomic E-state index is -1.34. The first-order chi connectivity index (χ1) is 25.3. The number of nitrogens with zero attached hydrogens (tertiary/aromatic N) is 2. The monoisotopic (exact) mass is 515 g/mol. The van der Waals surface area contributed by atoms with E-state index in [0.717, 1.165) is 0 Å². The Hall–Kier alpha value is -4.69. The third-order valence-electron chi connectivity index (χ3n) is 7.55. The van der Waals surface area contributed by atoms with Crippen LogP contribution < -0.4 is 0 Å². The molecule has 0 aliphatic heterocycles. The van der Waals surface area contributed by atoms with E-state index in [1.54, 1.807) is 49.6 Å². The van der Waals surface area contributed by atoms with Crippen LogP contribution in [0.25, 0.3) is 60.5 Å². The number of imidazole rings is 1. The van der Waals surface area contributed by atoms with Gasteiger partial charge in [0.2, 0.25) is 0 Å². The fourth-order valence-corrected chi connectivity index (χ4v) is 5.79. The van der Waals surface area contributed by atoms with Crippen molar-refractivity contribution in [1.29, 1.82) is 0 Å². The van der Waals surface area contributed by atoms with Gasteiger partial charge in [-0.05, 0) is 69.3 Å². The van der Waals surface area contributed by atoms with Gasteiger partial charge in [0, 0.05) is 16.2 Å². The summed E-state index contributed by atoms with van der Waals surface area (Å²) < 4.78 is 137. The summed E-state index contributed by atoms with van der Waals surface area (Å²) in [6.45, 7) is 4.92. The lowest BCUT2D eigenvalue weighted by molar-refractivity contribution is 0.660. The maximum absolute atomic E-state index is 9.79. The number of hydrogen-bond donors (Lipinski definition) is 0. The van der Waals surface area contributed by atoms with Crippen molar-refractivity contribution < 1.29 is 20.6 Å². The molecule has 186 valence electrons. The van der Waals surface area contributed by atoms with Gasteiger partial charge in [0.25, 0.3) is 0 Å². The van der Waals surface area contributed by atoms with Crippen LogP contribution in [-0.4, -0.2) is 9.55 Å². The van der Waals surface area contributed by atoms with Crippen molar-refractivity contribution in [1.82, 2.24) is 9.55 Å². The molecule has 6 aromatic carbocycles. The number of para-hydroxylation sites is 2. The Kier molecular flexibility index (Phi) is 2.43. The van der Waals surface area contributed by atoms with E-state index in [1.165, 1.54) is 0 Å². The summed E-state index contributed by atoms with van der Waals surface area (Å²) in [7, 11) is 0. The van der Waals surface area contributed by atoms with Crippen LogP contribution in [0.15, 0.2) is 115 Å². The molecular formula is C37H28N2. The van der Waals surface area contributed by atoms with Crippen molar-refractivity contribution in [3.8, 4) is 27.9 Å². The number of hydrogen-bond acceptors (Lipinski definition) is 1. The van der Waals surface area contributed by atoms with Crippen molar-refractivity contribution in [2.24, 2.45) is 0 Å². The van der Waals surface area contributed by atoms with E-state index < -0.39 is 90.0 Å². The average Bonchev–Trinajstić information content (AvgIpc) is 3.60.